The second-order valence-electron chi connectivity index (χ2n) is 4.64. The van der Waals surface area contributed by atoms with Crippen LogP contribution in [-0.2, 0) is 28.4 Å². The van der Waals surface area contributed by atoms with Gasteiger partial charge in [-0.2, -0.15) is 13.2 Å². The maximum Gasteiger partial charge on any atom is 0.416 e. The van der Waals surface area contributed by atoms with Gasteiger partial charge in [0, 0.05) is 12.8 Å². The molecule has 0 bridgehead atoms. The van der Waals surface area contributed by atoms with E-state index in [1.807, 2.05) is 0 Å². The van der Waals surface area contributed by atoms with Crippen LogP contribution < -0.4 is 0 Å². The van der Waals surface area contributed by atoms with Crippen molar-refractivity contribution in [1.29, 1.82) is 0 Å². The summed E-state index contributed by atoms with van der Waals surface area (Å²) in [6.45, 7) is 0.1000. The summed E-state index contributed by atoms with van der Waals surface area (Å²) >= 11 is 5.73. The van der Waals surface area contributed by atoms with Crippen molar-refractivity contribution in [2.24, 2.45) is 0 Å². The molecule has 0 unspecified atom stereocenters. The molecule has 2 aromatic rings. The summed E-state index contributed by atoms with van der Waals surface area (Å²) in [6, 6.07) is 3.16. The predicted octanol–water partition coefficient (Wildman–Crippen LogP) is 2.84. The van der Waals surface area contributed by atoms with Gasteiger partial charge in [-0.05, 0) is 18.2 Å². The zero-order chi connectivity index (χ0) is 15.8. The number of hydrogen-bond acceptors (Lipinski definition) is 3. The first-order chi connectivity index (χ1) is 9.62. The molecular formula is C12H12ClF3N2O2S. The van der Waals surface area contributed by atoms with Crippen LogP contribution in [0, 0.1) is 0 Å². The lowest BCUT2D eigenvalue weighted by Gasteiger charge is -2.08. The summed E-state index contributed by atoms with van der Waals surface area (Å²) in [4.78, 5) is 4.04. The zero-order valence-corrected chi connectivity index (χ0v) is 12.6. The molecule has 1 heterocycles. The number of alkyl halides is 4. The van der Waals surface area contributed by atoms with Crippen LogP contribution in [0.15, 0.2) is 18.2 Å². The lowest BCUT2D eigenvalue weighted by molar-refractivity contribution is -0.137. The summed E-state index contributed by atoms with van der Waals surface area (Å²) in [5.41, 5.74) is -0.222. The first-order valence-electron chi connectivity index (χ1n) is 5.92. The molecule has 0 saturated carbocycles. The average Bonchev–Trinajstić information content (AvgIpc) is 2.71. The number of fused-ring (bicyclic) bond motifs is 1. The molecule has 1 aromatic carbocycles. The Morgan fingerprint density at radius 1 is 1.33 bits per heavy atom. The van der Waals surface area contributed by atoms with Crippen LogP contribution in [0.5, 0.6) is 0 Å². The first-order valence-corrected chi connectivity index (χ1v) is 8.51. The van der Waals surface area contributed by atoms with Crippen molar-refractivity contribution in [3.63, 3.8) is 0 Å². The van der Waals surface area contributed by atoms with E-state index in [4.69, 9.17) is 11.6 Å². The van der Waals surface area contributed by atoms with Gasteiger partial charge in [-0.25, -0.2) is 13.4 Å². The fourth-order valence-electron chi connectivity index (χ4n) is 1.96. The smallest absolute Gasteiger partial charge is 0.326 e. The second-order valence-corrected chi connectivity index (χ2v) is 7.17. The van der Waals surface area contributed by atoms with E-state index in [2.05, 4.69) is 4.98 Å². The number of rotatable bonds is 4. The van der Waals surface area contributed by atoms with E-state index in [9.17, 15) is 21.6 Å². The van der Waals surface area contributed by atoms with Crippen molar-refractivity contribution in [2.75, 3.05) is 12.0 Å². The van der Waals surface area contributed by atoms with Gasteiger partial charge in [0.05, 0.1) is 28.2 Å². The molecule has 0 N–H and O–H groups in total. The highest BCUT2D eigenvalue weighted by Crippen LogP contribution is 2.31. The number of nitrogens with zero attached hydrogens (tertiary/aromatic N) is 2. The van der Waals surface area contributed by atoms with Crippen LogP contribution in [0.4, 0.5) is 13.2 Å². The Bertz CT molecular complexity index is 769. The minimum Gasteiger partial charge on any atom is -0.326 e. The Kier molecular flexibility index (Phi) is 4.21. The maximum absolute atomic E-state index is 12.7. The molecule has 0 aliphatic carbocycles. The minimum absolute atomic E-state index is 0.0141. The monoisotopic (exact) mass is 340 g/mol. The highest BCUT2D eigenvalue weighted by molar-refractivity contribution is 7.90. The summed E-state index contributed by atoms with van der Waals surface area (Å²) in [5, 5.41) is 0. The molecule has 0 spiro atoms. The van der Waals surface area contributed by atoms with Gasteiger partial charge in [0.25, 0.3) is 0 Å². The molecule has 0 atom stereocenters. The van der Waals surface area contributed by atoms with Crippen molar-refractivity contribution in [3.8, 4) is 0 Å². The third kappa shape index (κ3) is 3.68. The Hall–Kier alpha value is -1.28. The molecule has 0 saturated heterocycles. The summed E-state index contributed by atoms with van der Waals surface area (Å²) in [5.74, 6) is 0.193. The fourth-order valence-corrected chi connectivity index (χ4v) is 2.68. The van der Waals surface area contributed by atoms with Crippen molar-refractivity contribution < 1.29 is 21.6 Å². The van der Waals surface area contributed by atoms with Crippen molar-refractivity contribution in [3.05, 3.63) is 29.6 Å². The second kappa shape index (κ2) is 5.49. The van der Waals surface area contributed by atoms with E-state index in [1.165, 1.54) is 10.6 Å². The normalized spacial score (nSPS) is 13.0. The van der Waals surface area contributed by atoms with Gasteiger partial charge in [-0.3, -0.25) is 0 Å². The molecule has 0 radical (unpaired) electrons. The molecule has 1 aromatic heterocycles. The number of sulfone groups is 1. The number of aryl methyl sites for hydroxylation is 1. The molecule has 116 valence electrons. The SMILES string of the molecule is CS(=O)(=O)CCn1c(CCl)nc2cc(C(F)(F)F)ccc21. The van der Waals surface area contributed by atoms with Crippen LogP contribution >= 0.6 is 11.6 Å². The third-order valence-electron chi connectivity index (χ3n) is 2.96. The summed E-state index contributed by atoms with van der Waals surface area (Å²) < 4.78 is 62.0. The van der Waals surface area contributed by atoms with Crippen molar-refractivity contribution >= 4 is 32.5 Å². The van der Waals surface area contributed by atoms with E-state index in [0.717, 1.165) is 18.4 Å². The van der Waals surface area contributed by atoms with Gasteiger partial charge in [0.15, 0.2) is 0 Å². The van der Waals surface area contributed by atoms with Crippen LogP contribution in [0.2, 0.25) is 0 Å². The Morgan fingerprint density at radius 2 is 2.00 bits per heavy atom. The van der Waals surface area contributed by atoms with Gasteiger partial charge >= 0.3 is 6.18 Å². The van der Waals surface area contributed by atoms with Crippen molar-refractivity contribution in [2.45, 2.75) is 18.6 Å². The number of imidazole rings is 1. The number of aromatic nitrogens is 2. The lowest BCUT2D eigenvalue weighted by Crippen LogP contribution is -2.13. The lowest BCUT2D eigenvalue weighted by atomic mass is 10.2. The fraction of sp³-hybridized carbons (Fsp3) is 0.417. The predicted molar refractivity (Wildman–Crippen MR) is 74.0 cm³/mol. The van der Waals surface area contributed by atoms with Gasteiger partial charge in [0.2, 0.25) is 0 Å². The highest BCUT2D eigenvalue weighted by atomic mass is 35.5. The van der Waals surface area contributed by atoms with Crippen LogP contribution in [0.1, 0.15) is 11.4 Å². The topological polar surface area (TPSA) is 52.0 Å². The summed E-state index contributed by atoms with van der Waals surface area (Å²) in [7, 11) is -3.20. The standard InChI is InChI=1S/C12H12ClF3N2O2S/c1-21(19,20)5-4-18-10-3-2-8(12(14,15)16)6-9(10)17-11(18)7-13/h2-3,6H,4-5,7H2,1H3. The van der Waals surface area contributed by atoms with E-state index < -0.39 is 21.6 Å². The van der Waals surface area contributed by atoms with Gasteiger partial charge in [0.1, 0.15) is 15.7 Å². The first kappa shape index (κ1) is 16.1. The molecule has 9 heteroatoms. The van der Waals surface area contributed by atoms with Gasteiger partial charge < -0.3 is 4.57 Å². The Balaban J connectivity index is 2.50. The summed E-state index contributed by atoms with van der Waals surface area (Å²) in [6.07, 6.45) is -3.36. The molecule has 0 fully saturated rings. The highest BCUT2D eigenvalue weighted by Gasteiger charge is 2.31. The molecule has 21 heavy (non-hydrogen) atoms. The largest absolute Gasteiger partial charge is 0.416 e. The Labute approximate surface area is 124 Å². The third-order valence-corrected chi connectivity index (χ3v) is 4.12. The van der Waals surface area contributed by atoms with E-state index in [0.29, 0.717) is 11.3 Å². The maximum atomic E-state index is 12.7. The van der Waals surface area contributed by atoms with Crippen LogP contribution in [0.3, 0.4) is 0 Å². The molecule has 2 rings (SSSR count). The minimum atomic E-state index is -4.45. The molecule has 4 nitrogen and oxygen atoms in total. The number of hydrogen-bond donors (Lipinski definition) is 0. The molecule has 0 aliphatic rings. The van der Waals surface area contributed by atoms with Crippen molar-refractivity contribution in [1.82, 2.24) is 9.55 Å². The van der Waals surface area contributed by atoms with Gasteiger partial charge in [-0.1, -0.05) is 0 Å². The van der Waals surface area contributed by atoms with E-state index in [-0.39, 0.29) is 23.7 Å². The average molecular weight is 341 g/mol. The molecular weight excluding hydrogens is 329 g/mol. The van der Waals surface area contributed by atoms with Gasteiger partial charge in [-0.15, -0.1) is 11.6 Å². The Morgan fingerprint density at radius 3 is 2.52 bits per heavy atom. The number of benzene rings is 1. The van der Waals surface area contributed by atoms with E-state index >= 15 is 0 Å². The molecule has 0 amide bonds. The van der Waals surface area contributed by atoms with Crippen LogP contribution in [0.25, 0.3) is 11.0 Å². The zero-order valence-electron chi connectivity index (χ0n) is 11.0. The quantitative estimate of drug-likeness (QED) is 0.804. The van der Waals surface area contributed by atoms with E-state index in [1.54, 1.807) is 0 Å². The molecule has 0 aliphatic heterocycles. The van der Waals surface area contributed by atoms with Crippen LogP contribution in [-0.4, -0.2) is 30.0 Å². The number of halogens is 4.